The predicted octanol–water partition coefficient (Wildman–Crippen LogP) is 3.78. The van der Waals surface area contributed by atoms with Crippen LogP contribution in [0.5, 0.6) is 0 Å². The van der Waals surface area contributed by atoms with Gasteiger partial charge in [-0.05, 0) is 43.7 Å². The second-order valence-electron chi connectivity index (χ2n) is 7.66. The molecule has 2 N–H and O–H groups in total. The van der Waals surface area contributed by atoms with Crippen molar-refractivity contribution in [2.45, 2.75) is 31.6 Å². The number of amides is 2. The number of anilines is 1. The van der Waals surface area contributed by atoms with E-state index in [9.17, 15) is 14.4 Å². The number of esters is 1. The van der Waals surface area contributed by atoms with Crippen molar-refractivity contribution in [3.05, 3.63) is 83.7 Å². The van der Waals surface area contributed by atoms with Gasteiger partial charge in [0.25, 0.3) is 5.91 Å². The van der Waals surface area contributed by atoms with E-state index in [1.807, 2.05) is 36.6 Å². The number of aromatic nitrogens is 3. The van der Waals surface area contributed by atoms with Gasteiger partial charge >= 0.3 is 5.97 Å². The van der Waals surface area contributed by atoms with Crippen LogP contribution in [-0.2, 0) is 16.1 Å². The summed E-state index contributed by atoms with van der Waals surface area (Å²) in [5, 5.41) is 14.7. The number of ether oxygens (including phenoxy) is 1. The Morgan fingerprint density at radius 2 is 1.94 bits per heavy atom. The fraction of sp³-hybridized carbons (Fsp3) is 0.240. The number of nitrogens with one attached hydrogen (secondary N) is 2. The molecule has 1 aromatic heterocycles. The number of rotatable bonds is 10. The lowest BCUT2D eigenvalue weighted by Gasteiger charge is -2.16. The molecule has 0 spiro atoms. The molecule has 1 atom stereocenters. The zero-order valence-corrected chi connectivity index (χ0v) is 20.6. The molecule has 0 bridgehead atoms. The highest BCUT2D eigenvalue weighted by Gasteiger charge is 2.21. The average molecular weight is 494 g/mol. The van der Waals surface area contributed by atoms with Crippen LogP contribution in [0.25, 0.3) is 0 Å². The Morgan fingerprint density at radius 3 is 2.66 bits per heavy atom. The summed E-state index contributed by atoms with van der Waals surface area (Å²) in [6, 6.07) is 13.4. The van der Waals surface area contributed by atoms with E-state index in [-0.39, 0.29) is 17.6 Å². The number of allylic oxidation sites excluding steroid dienone is 1. The van der Waals surface area contributed by atoms with E-state index in [1.165, 1.54) is 18.9 Å². The molecule has 2 amide bonds. The first-order chi connectivity index (χ1) is 16.8. The minimum absolute atomic E-state index is 0.0711. The van der Waals surface area contributed by atoms with Crippen LogP contribution in [0, 0.1) is 6.92 Å². The van der Waals surface area contributed by atoms with Gasteiger partial charge in [-0.2, -0.15) is 0 Å². The summed E-state index contributed by atoms with van der Waals surface area (Å²) in [6.07, 6.45) is 1.70. The molecular weight excluding hydrogens is 466 g/mol. The van der Waals surface area contributed by atoms with Gasteiger partial charge in [0.1, 0.15) is 0 Å². The minimum Gasteiger partial charge on any atom is -0.465 e. The highest BCUT2D eigenvalue weighted by molar-refractivity contribution is 7.99. The standard InChI is InChI=1S/C25H27N5O4S/c1-5-13-30-22(17(3)26-23(32)20-12-7-6-9-16(20)2)28-29-25(30)35-15-21(31)27-19-11-8-10-18(14-19)24(33)34-4/h5-12,14,17H,1,13,15H2,2-4H3,(H,26,32)(H,27,31). The molecular formula is C25H27N5O4S. The zero-order valence-electron chi connectivity index (χ0n) is 19.8. The van der Waals surface area contributed by atoms with Crippen LogP contribution in [0.2, 0.25) is 0 Å². The summed E-state index contributed by atoms with van der Waals surface area (Å²) < 4.78 is 6.52. The molecule has 0 aliphatic rings. The largest absolute Gasteiger partial charge is 0.465 e. The molecule has 0 radical (unpaired) electrons. The number of aryl methyl sites for hydroxylation is 1. The fourth-order valence-corrected chi connectivity index (χ4v) is 4.12. The van der Waals surface area contributed by atoms with Crippen molar-refractivity contribution in [3.63, 3.8) is 0 Å². The molecule has 10 heteroatoms. The van der Waals surface area contributed by atoms with Gasteiger partial charge in [-0.25, -0.2) is 4.79 Å². The van der Waals surface area contributed by atoms with E-state index in [0.717, 1.165) is 5.56 Å². The van der Waals surface area contributed by atoms with E-state index < -0.39 is 12.0 Å². The lowest BCUT2D eigenvalue weighted by atomic mass is 10.1. The average Bonchev–Trinajstić information content (AvgIpc) is 3.25. The van der Waals surface area contributed by atoms with Gasteiger partial charge in [0.05, 0.1) is 24.5 Å². The maximum Gasteiger partial charge on any atom is 0.337 e. The van der Waals surface area contributed by atoms with Gasteiger partial charge in [0, 0.05) is 17.8 Å². The Balaban J connectivity index is 1.66. The van der Waals surface area contributed by atoms with Crippen LogP contribution in [0.3, 0.4) is 0 Å². The normalized spacial score (nSPS) is 11.4. The second-order valence-corrected chi connectivity index (χ2v) is 8.60. The molecule has 35 heavy (non-hydrogen) atoms. The Bertz CT molecular complexity index is 1240. The van der Waals surface area contributed by atoms with E-state index >= 15 is 0 Å². The molecule has 0 saturated carbocycles. The molecule has 182 valence electrons. The van der Waals surface area contributed by atoms with E-state index in [0.29, 0.717) is 34.3 Å². The van der Waals surface area contributed by atoms with Crippen molar-refractivity contribution in [2.24, 2.45) is 0 Å². The Hall–Kier alpha value is -3.92. The van der Waals surface area contributed by atoms with Crippen molar-refractivity contribution in [1.29, 1.82) is 0 Å². The van der Waals surface area contributed by atoms with Crippen molar-refractivity contribution in [3.8, 4) is 0 Å². The number of benzene rings is 2. The third-order valence-electron chi connectivity index (χ3n) is 5.08. The third-order valence-corrected chi connectivity index (χ3v) is 6.05. The summed E-state index contributed by atoms with van der Waals surface area (Å²) in [6.45, 7) is 7.91. The Labute approximate surface area is 208 Å². The van der Waals surface area contributed by atoms with Crippen LogP contribution in [-0.4, -0.2) is 45.4 Å². The quantitative estimate of drug-likeness (QED) is 0.251. The maximum atomic E-state index is 12.7. The van der Waals surface area contributed by atoms with Crippen molar-refractivity contribution in [1.82, 2.24) is 20.1 Å². The first kappa shape index (κ1) is 25.7. The zero-order chi connectivity index (χ0) is 25.4. The van der Waals surface area contributed by atoms with Crippen molar-refractivity contribution < 1.29 is 19.1 Å². The number of thioether (sulfide) groups is 1. The van der Waals surface area contributed by atoms with Crippen LogP contribution in [0.1, 0.15) is 45.1 Å². The van der Waals surface area contributed by atoms with Gasteiger partial charge in [-0.15, -0.1) is 16.8 Å². The lowest BCUT2D eigenvalue weighted by molar-refractivity contribution is -0.113. The molecule has 1 unspecified atom stereocenters. The van der Waals surface area contributed by atoms with Crippen LogP contribution in [0.15, 0.2) is 66.3 Å². The highest BCUT2D eigenvalue weighted by atomic mass is 32.2. The summed E-state index contributed by atoms with van der Waals surface area (Å²) in [5.74, 6) is -0.328. The summed E-state index contributed by atoms with van der Waals surface area (Å²) in [7, 11) is 1.30. The summed E-state index contributed by atoms with van der Waals surface area (Å²) >= 11 is 1.21. The highest BCUT2D eigenvalue weighted by Crippen LogP contribution is 2.22. The topological polar surface area (TPSA) is 115 Å². The monoisotopic (exact) mass is 493 g/mol. The van der Waals surface area contributed by atoms with Gasteiger partial charge in [0.2, 0.25) is 5.91 Å². The smallest absolute Gasteiger partial charge is 0.337 e. The second kappa shape index (κ2) is 12.0. The number of hydrogen-bond acceptors (Lipinski definition) is 7. The van der Waals surface area contributed by atoms with Gasteiger partial charge < -0.3 is 19.9 Å². The maximum absolute atomic E-state index is 12.7. The molecule has 3 aromatic rings. The molecule has 0 aliphatic heterocycles. The molecule has 0 aliphatic carbocycles. The summed E-state index contributed by atoms with van der Waals surface area (Å²) in [4.78, 5) is 36.9. The van der Waals surface area contributed by atoms with E-state index in [2.05, 4.69) is 27.4 Å². The summed E-state index contributed by atoms with van der Waals surface area (Å²) in [5.41, 5.74) is 2.30. The Morgan fingerprint density at radius 1 is 1.17 bits per heavy atom. The van der Waals surface area contributed by atoms with Crippen molar-refractivity contribution in [2.75, 3.05) is 18.2 Å². The molecule has 0 saturated heterocycles. The molecule has 0 fully saturated rings. The lowest BCUT2D eigenvalue weighted by Crippen LogP contribution is -2.29. The van der Waals surface area contributed by atoms with E-state index in [1.54, 1.807) is 36.4 Å². The number of methoxy groups -OCH3 is 1. The molecule has 1 heterocycles. The van der Waals surface area contributed by atoms with Gasteiger partial charge in [-0.3, -0.25) is 9.59 Å². The predicted molar refractivity (Wildman–Crippen MR) is 134 cm³/mol. The molecule has 2 aromatic carbocycles. The van der Waals surface area contributed by atoms with Crippen LogP contribution >= 0.6 is 11.8 Å². The first-order valence-corrected chi connectivity index (χ1v) is 11.8. The SMILES string of the molecule is C=CCn1c(SCC(=O)Nc2cccc(C(=O)OC)c2)nnc1C(C)NC(=O)c1ccccc1C. The third kappa shape index (κ3) is 6.57. The van der Waals surface area contributed by atoms with Crippen LogP contribution in [0.4, 0.5) is 5.69 Å². The molecule has 9 nitrogen and oxygen atoms in total. The van der Waals surface area contributed by atoms with E-state index in [4.69, 9.17) is 4.74 Å². The number of carbonyl (C=O) groups is 3. The van der Waals surface area contributed by atoms with Crippen LogP contribution < -0.4 is 10.6 Å². The number of nitrogens with zero attached hydrogens (tertiary/aromatic N) is 3. The number of hydrogen-bond donors (Lipinski definition) is 2. The molecule has 3 rings (SSSR count). The minimum atomic E-state index is -0.482. The fourth-order valence-electron chi connectivity index (χ4n) is 3.36. The first-order valence-electron chi connectivity index (χ1n) is 10.9. The number of carbonyl (C=O) groups excluding carboxylic acids is 3. The van der Waals surface area contributed by atoms with Gasteiger partial charge in [-0.1, -0.05) is 42.1 Å². The van der Waals surface area contributed by atoms with Gasteiger partial charge in [0.15, 0.2) is 11.0 Å². The van der Waals surface area contributed by atoms with Crippen molar-refractivity contribution >= 4 is 35.2 Å². The Kier molecular flexibility index (Phi) is 8.80.